The first-order chi connectivity index (χ1) is 8.63. The monoisotopic (exact) mass is 253 g/mol. The highest BCUT2D eigenvalue weighted by molar-refractivity contribution is 5.19. The Labute approximate surface area is 110 Å². The van der Waals surface area contributed by atoms with Crippen LogP contribution in [-0.2, 0) is 4.74 Å². The summed E-state index contributed by atoms with van der Waals surface area (Å²) in [4.78, 5) is 0. The van der Waals surface area contributed by atoms with Crippen molar-refractivity contribution in [2.75, 3.05) is 19.8 Å². The number of halogens is 1. The van der Waals surface area contributed by atoms with Gasteiger partial charge in [-0.3, -0.25) is 0 Å². The summed E-state index contributed by atoms with van der Waals surface area (Å²) >= 11 is 0. The highest BCUT2D eigenvalue weighted by atomic mass is 19.1. The van der Waals surface area contributed by atoms with Gasteiger partial charge in [-0.1, -0.05) is 32.9 Å². The van der Waals surface area contributed by atoms with Gasteiger partial charge in [0.2, 0.25) is 0 Å². The minimum Gasteiger partial charge on any atom is -0.380 e. The molecule has 0 amide bonds. The SMILES string of the molecule is CCC(NCCOCC(C)C)c1cccc(F)c1. The van der Waals surface area contributed by atoms with Crippen molar-refractivity contribution in [2.45, 2.75) is 33.2 Å². The lowest BCUT2D eigenvalue weighted by Crippen LogP contribution is -2.25. The molecule has 0 aliphatic carbocycles. The Kier molecular flexibility index (Phi) is 6.91. The molecule has 1 N–H and O–H groups in total. The van der Waals surface area contributed by atoms with E-state index in [0.29, 0.717) is 12.5 Å². The average molecular weight is 253 g/mol. The second-order valence-electron chi connectivity index (χ2n) is 4.94. The van der Waals surface area contributed by atoms with Gasteiger partial charge in [0.05, 0.1) is 6.61 Å². The van der Waals surface area contributed by atoms with E-state index < -0.39 is 0 Å². The molecule has 0 aliphatic heterocycles. The van der Waals surface area contributed by atoms with Gasteiger partial charge in [0.1, 0.15) is 5.82 Å². The Balaban J connectivity index is 2.34. The average Bonchev–Trinajstić information content (AvgIpc) is 2.33. The maximum atomic E-state index is 13.1. The molecule has 0 radical (unpaired) electrons. The van der Waals surface area contributed by atoms with Gasteiger partial charge in [0, 0.05) is 19.2 Å². The first-order valence-corrected chi connectivity index (χ1v) is 6.70. The molecule has 1 aromatic carbocycles. The van der Waals surface area contributed by atoms with Crippen LogP contribution >= 0.6 is 0 Å². The maximum absolute atomic E-state index is 13.1. The van der Waals surface area contributed by atoms with Crippen LogP contribution in [0.25, 0.3) is 0 Å². The van der Waals surface area contributed by atoms with E-state index >= 15 is 0 Å². The summed E-state index contributed by atoms with van der Waals surface area (Å²) in [7, 11) is 0. The lowest BCUT2D eigenvalue weighted by Gasteiger charge is -2.17. The molecule has 0 aliphatic rings. The van der Waals surface area contributed by atoms with E-state index in [9.17, 15) is 4.39 Å². The molecule has 18 heavy (non-hydrogen) atoms. The molecule has 3 heteroatoms. The summed E-state index contributed by atoms with van der Waals surface area (Å²) in [6.07, 6.45) is 0.938. The molecule has 0 saturated heterocycles. The van der Waals surface area contributed by atoms with Gasteiger partial charge in [0.15, 0.2) is 0 Å². The largest absolute Gasteiger partial charge is 0.380 e. The summed E-state index contributed by atoms with van der Waals surface area (Å²) in [5, 5.41) is 3.39. The lowest BCUT2D eigenvalue weighted by atomic mass is 10.0. The standard InChI is InChI=1S/C15H24FNO/c1-4-15(13-6-5-7-14(16)10-13)17-8-9-18-11-12(2)3/h5-7,10,12,15,17H,4,8-9,11H2,1-3H3. The van der Waals surface area contributed by atoms with E-state index in [1.54, 1.807) is 12.1 Å². The van der Waals surface area contributed by atoms with E-state index in [1.165, 1.54) is 6.07 Å². The van der Waals surface area contributed by atoms with Crippen molar-refractivity contribution >= 4 is 0 Å². The van der Waals surface area contributed by atoms with Gasteiger partial charge in [0.25, 0.3) is 0 Å². The molecule has 2 nitrogen and oxygen atoms in total. The third kappa shape index (κ3) is 5.61. The second-order valence-corrected chi connectivity index (χ2v) is 4.94. The smallest absolute Gasteiger partial charge is 0.123 e. The summed E-state index contributed by atoms with van der Waals surface area (Å²) in [5.74, 6) is 0.388. The minimum atomic E-state index is -0.177. The van der Waals surface area contributed by atoms with Gasteiger partial charge < -0.3 is 10.1 Å². The van der Waals surface area contributed by atoms with E-state index in [0.717, 1.165) is 25.1 Å². The lowest BCUT2D eigenvalue weighted by molar-refractivity contribution is 0.110. The van der Waals surface area contributed by atoms with E-state index in [4.69, 9.17) is 4.74 Å². The van der Waals surface area contributed by atoms with Gasteiger partial charge in [-0.2, -0.15) is 0 Å². The summed E-state index contributed by atoms with van der Waals surface area (Å²) in [6.45, 7) is 8.64. The first kappa shape index (κ1) is 15.1. The van der Waals surface area contributed by atoms with Crippen LogP contribution in [0.4, 0.5) is 4.39 Å². The summed E-state index contributed by atoms with van der Waals surface area (Å²) in [5.41, 5.74) is 1.00. The molecule has 1 aromatic rings. The number of rotatable bonds is 8. The van der Waals surface area contributed by atoms with Crippen LogP contribution in [0.5, 0.6) is 0 Å². The summed E-state index contributed by atoms with van der Waals surface area (Å²) in [6, 6.07) is 6.98. The third-order valence-electron chi connectivity index (χ3n) is 2.75. The zero-order chi connectivity index (χ0) is 13.4. The second kappa shape index (κ2) is 8.22. The van der Waals surface area contributed by atoms with Crippen LogP contribution in [0, 0.1) is 11.7 Å². The molecular formula is C15H24FNO. The van der Waals surface area contributed by atoms with Crippen molar-refractivity contribution in [3.05, 3.63) is 35.6 Å². The fourth-order valence-electron chi connectivity index (χ4n) is 1.85. The van der Waals surface area contributed by atoms with Crippen LogP contribution in [0.1, 0.15) is 38.8 Å². The van der Waals surface area contributed by atoms with E-state index in [2.05, 4.69) is 26.1 Å². The fourth-order valence-corrected chi connectivity index (χ4v) is 1.85. The molecule has 1 rings (SSSR count). The quantitative estimate of drug-likeness (QED) is 0.715. The first-order valence-electron chi connectivity index (χ1n) is 6.70. The van der Waals surface area contributed by atoms with Gasteiger partial charge >= 0.3 is 0 Å². The van der Waals surface area contributed by atoms with Crippen LogP contribution < -0.4 is 5.32 Å². The highest BCUT2D eigenvalue weighted by Gasteiger charge is 2.08. The Morgan fingerprint density at radius 2 is 2.11 bits per heavy atom. The number of benzene rings is 1. The van der Waals surface area contributed by atoms with Crippen molar-refractivity contribution < 1.29 is 9.13 Å². The number of hydrogen-bond acceptors (Lipinski definition) is 2. The molecule has 0 aromatic heterocycles. The molecule has 0 spiro atoms. The van der Waals surface area contributed by atoms with Crippen molar-refractivity contribution in [2.24, 2.45) is 5.92 Å². The van der Waals surface area contributed by atoms with Gasteiger partial charge in [-0.05, 0) is 30.0 Å². The molecule has 0 fully saturated rings. The van der Waals surface area contributed by atoms with E-state index in [1.807, 2.05) is 6.07 Å². The molecule has 0 heterocycles. The normalized spacial score (nSPS) is 12.9. The fraction of sp³-hybridized carbons (Fsp3) is 0.600. The Hall–Kier alpha value is -0.930. The van der Waals surface area contributed by atoms with Crippen LogP contribution in [0.15, 0.2) is 24.3 Å². The molecule has 1 atom stereocenters. The number of nitrogens with one attached hydrogen (secondary N) is 1. The maximum Gasteiger partial charge on any atom is 0.123 e. The van der Waals surface area contributed by atoms with E-state index in [-0.39, 0.29) is 11.9 Å². The zero-order valence-electron chi connectivity index (χ0n) is 11.6. The van der Waals surface area contributed by atoms with Gasteiger partial charge in [-0.25, -0.2) is 4.39 Å². The van der Waals surface area contributed by atoms with Crippen LogP contribution in [0.3, 0.4) is 0 Å². The molecule has 0 bridgehead atoms. The zero-order valence-corrected chi connectivity index (χ0v) is 11.6. The van der Waals surface area contributed by atoms with Crippen molar-refractivity contribution in [3.8, 4) is 0 Å². The van der Waals surface area contributed by atoms with Crippen LogP contribution in [-0.4, -0.2) is 19.8 Å². The number of ether oxygens (including phenoxy) is 1. The predicted molar refractivity (Wildman–Crippen MR) is 73.1 cm³/mol. The number of hydrogen-bond donors (Lipinski definition) is 1. The summed E-state index contributed by atoms with van der Waals surface area (Å²) < 4.78 is 18.7. The molecule has 102 valence electrons. The van der Waals surface area contributed by atoms with Crippen molar-refractivity contribution in [3.63, 3.8) is 0 Å². The molecule has 1 unspecified atom stereocenters. The van der Waals surface area contributed by atoms with Crippen LogP contribution in [0.2, 0.25) is 0 Å². The predicted octanol–water partition coefficient (Wildman–Crippen LogP) is 3.54. The minimum absolute atomic E-state index is 0.177. The Morgan fingerprint density at radius 1 is 1.33 bits per heavy atom. The third-order valence-corrected chi connectivity index (χ3v) is 2.75. The Bertz CT molecular complexity index is 341. The van der Waals surface area contributed by atoms with Crippen molar-refractivity contribution in [1.29, 1.82) is 0 Å². The topological polar surface area (TPSA) is 21.3 Å². The van der Waals surface area contributed by atoms with Gasteiger partial charge in [-0.15, -0.1) is 0 Å². The molecule has 0 saturated carbocycles. The highest BCUT2D eigenvalue weighted by Crippen LogP contribution is 2.16. The molecular weight excluding hydrogens is 229 g/mol. The van der Waals surface area contributed by atoms with Crippen molar-refractivity contribution in [1.82, 2.24) is 5.32 Å². The Morgan fingerprint density at radius 3 is 2.72 bits per heavy atom.